The highest BCUT2D eigenvalue weighted by Crippen LogP contribution is 2.08. The number of hydrogen-bond donors (Lipinski definition) is 2. The fraction of sp³-hybridized carbons (Fsp3) is 0.533. The number of guanidine groups is 1. The van der Waals surface area contributed by atoms with Crippen LogP contribution in [-0.2, 0) is 0 Å². The zero-order valence-corrected chi connectivity index (χ0v) is 12.1. The van der Waals surface area contributed by atoms with E-state index in [1.807, 2.05) is 30.3 Å². The molecule has 0 radical (unpaired) electrons. The number of rotatable bonds is 7. The van der Waals surface area contributed by atoms with Crippen molar-refractivity contribution < 1.29 is 4.74 Å². The summed E-state index contributed by atoms with van der Waals surface area (Å²) in [6.45, 7) is 8.59. The van der Waals surface area contributed by atoms with Crippen molar-refractivity contribution in [3.05, 3.63) is 30.3 Å². The highest BCUT2D eigenvalue weighted by molar-refractivity contribution is 5.79. The van der Waals surface area contributed by atoms with Gasteiger partial charge in [-0.15, -0.1) is 0 Å². The Balaban J connectivity index is 2.23. The molecule has 0 atom stereocenters. The van der Waals surface area contributed by atoms with Gasteiger partial charge in [0.15, 0.2) is 5.96 Å². The van der Waals surface area contributed by atoms with Gasteiger partial charge in [0.05, 0.1) is 6.61 Å². The molecule has 0 bridgehead atoms. The summed E-state index contributed by atoms with van der Waals surface area (Å²) in [5.41, 5.74) is 0. The summed E-state index contributed by atoms with van der Waals surface area (Å²) in [4.78, 5) is 4.50. The Morgan fingerprint density at radius 1 is 1.26 bits per heavy atom. The van der Waals surface area contributed by atoms with E-state index >= 15 is 0 Å². The van der Waals surface area contributed by atoms with E-state index in [2.05, 4.69) is 36.4 Å². The van der Waals surface area contributed by atoms with Crippen LogP contribution in [0.3, 0.4) is 0 Å². The fourth-order valence-corrected chi connectivity index (χ4v) is 1.56. The first-order valence-electron chi connectivity index (χ1n) is 6.95. The second-order valence-electron chi connectivity index (χ2n) is 4.57. The largest absolute Gasteiger partial charge is 0.494 e. The van der Waals surface area contributed by atoms with E-state index in [4.69, 9.17) is 4.74 Å². The van der Waals surface area contributed by atoms with Gasteiger partial charge in [0.2, 0.25) is 0 Å². The molecule has 106 valence electrons. The van der Waals surface area contributed by atoms with Crippen LogP contribution < -0.4 is 15.4 Å². The van der Waals surface area contributed by atoms with Gasteiger partial charge in [0.25, 0.3) is 0 Å². The highest BCUT2D eigenvalue weighted by atomic mass is 16.5. The Kier molecular flexibility index (Phi) is 7.47. The zero-order chi connectivity index (χ0) is 13.9. The monoisotopic (exact) mass is 263 g/mol. The van der Waals surface area contributed by atoms with Crippen molar-refractivity contribution in [2.45, 2.75) is 33.2 Å². The topological polar surface area (TPSA) is 45.7 Å². The summed E-state index contributed by atoms with van der Waals surface area (Å²) in [7, 11) is 0. The molecule has 1 aromatic carbocycles. The van der Waals surface area contributed by atoms with Crippen molar-refractivity contribution in [1.29, 1.82) is 0 Å². The van der Waals surface area contributed by atoms with Crippen LogP contribution >= 0.6 is 0 Å². The number of hydrogen-bond acceptors (Lipinski definition) is 2. The molecule has 0 unspecified atom stereocenters. The molecule has 0 spiro atoms. The molecular formula is C15H25N3O. The van der Waals surface area contributed by atoms with E-state index in [1.54, 1.807) is 0 Å². The molecule has 0 saturated heterocycles. The van der Waals surface area contributed by atoms with E-state index in [0.29, 0.717) is 12.6 Å². The van der Waals surface area contributed by atoms with Gasteiger partial charge in [0, 0.05) is 25.6 Å². The van der Waals surface area contributed by atoms with Gasteiger partial charge in [-0.25, -0.2) is 0 Å². The summed E-state index contributed by atoms with van der Waals surface area (Å²) in [6, 6.07) is 10.3. The molecule has 2 N–H and O–H groups in total. The molecule has 0 aromatic heterocycles. The Morgan fingerprint density at radius 3 is 2.63 bits per heavy atom. The van der Waals surface area contributed by atoms with Gasteiger partial charge in [-0.05, 0) is 32.9 Å². The first kappa shape index (κ1) is 15.3. The van der Waals surface area contributed by atoms with Gasteiger partial charge >= 0.3 is 0 Å². The Hall–Kier alpha value is -1.71. The molecule has 0 amide bonds. The van der Waals surface area contributed by atoms with Gasteiger partial charge < -0.3 is 15.4 Å². The fourth-order valence-electron chi connectivity index (χ4n) is 1.56. The van der Waals surface area contributed by atoms with Gasteiger partial charge in [-0.2, -0.15) is 0 Å². The Labute approximate surface area is 116 Å². The third-order valence-electron chi connectivity index (χ3n) is 2.35. The number of nitrogens with one attached hydrogen (secondary N) is 2. The third kappa shape index (κ3) is 7.34. The normalized spacial score (nSPS) is 11.5. The summed E-state index contributed by atoms with van der Waals surface area (Å²) in [6.07, 6.45) is 0.906. The molecule has 4 nitrogen and oxygen atoms in total. The lowest BCUT2D eigenvalue weighted by molar-refractivity contribution is 0.313. The van der Waals surface area contributed by atoms with Crippen molar-refractivity contribution in [3.8, 4) is 5.75 Å². The zero-order valence-electron chi connectivity index (χ0n) is 12.1. The standard InChI is InChI=1S/C15H25N3O/c1-4-16-15(18-13(2)3)17-11-8-12-19-14-9-6-5-7-10-14/h5-7,9-10,13H,4,8,11-12H2,1-3H3,(H2,16,17,18). The minimum absolute atomic E-state index is 0.387. The summed E-state index contributed by atoms with van der Waals surface area (Å²) in [5, 5.41) is 6.51. The van der Waals surface area contributed by atoms with Gasteiger partial charge in [-0.1, -0.05) is 18.2 Å². The lowest BCUT2D eigenvalue weighted by atomic mass is 10.3. The lowest BCUT2D eigenvalue weighted by Crippen LogP contribution is -2.41. The molecule has 0 aliphatic carbocycles. The molecular weight excluding hydrogens is 238 g/mol. The van der Waals surface area contributed by atoms with E-state index in [1.165, 1.54) is 0 Å². The maximum Gasteiger partial charge on any atom is 0.191 e. The Bertz CT molecular complexity index is 363. The second kappa shape index (κ2) is 9.25. The van der Waals surface area contributed by atoms with Crippen LogP contribution in [-0.4, -0.2) is 31.7 Å². The van der Waals surface area contributed by atoms with Gasteiger partial charge in [-0.3, -0.25) is 4.99 Å². The molecule has 19 heavy (non-hydrogen) atoms. The van der Waals surface area contributed by atoms with Crippen molar-refractivity contribution >= 4 is 5.96 Å². The molecule has 0 saturated carbocycles. The summed E-state index contributed by atoms with van der Waals surface area (Å²) in [5.74, 6) is 1.79. The molecule has 1 rings (SSSR count). The Morgan fingerprint density at radius 2 is 2.00 bits per heavy atom. The predicted octanol–water partition coefficient (Wildman–Crippen LogP) is 2.42. The highest BCUT2D eigenvalue weighted by Gasteiger charge is 1.98. The third-order valence-corrected chi connectivity index (χ3v) is 2.35. The smallest absolute Gasteiger partial charge is 0.191 e. The van der Waals surface area contributed by atoms with Crippen LogP contribution in [0.15, 0.2) is 35.3 Å². The lowest BCUT2D eigenvalue weighted by Gasteiger charge is -2.13. The minimum atomic E-state index is 0.387. The van der Waals surface area contributed by atoms with Gasteiger partial charge in [0.1, 0.15) is 5.75 Å². The van der Waals surface area contributed by atoms with Crippen LogP contribution in [0.25, 0.3) is 0 Å². The van der Waals surface area contributed by atoms with Crippen LogP contribution in [0.2, 0.25) is 0 Å². The molecule has 1 aromatic rings. The van der Waals surface area contributed by atoms with E-state index in [9.17, 15) is 0 Å². The number of ether oxygens (including phenoxy) is 1. The average molecular weight is 263 g/mol. The molecule has 0 heterocycles. The van der Waals surface area contributed by atoms with Crippen molar-refractivity contribution in [2.24, 2.45) is 4.99 Å². The number of benzene rings is 1. The first-order chi connectivity index (χ1) is 9.22. The summed E-state index contributed by atoms with van der Waals surface area (Å²) < 4.78 is 5.62. The maximum absolute atomic E-state index is 5.62. The predicted molar refractivity (Wildman–Crippen MR) is 80.8 cm³/mol. The van der Waals surface area contributed by atoms with Crippen molar-refractivity contribution in [1.82, 2.24) is 10.6 Å². The molecule has 4 heteroatoms. The van der Waals surface area contributed by atoms with Crippen LogP contribution in [0, 0.1) is 0 Å². The van der Waals surface area contributed by atoms with Crippen molar-refractivity contribution in [3.63, 3.8) is 0 Å². The van der Waals surface area contributed by atoms with Crippen LogP contribution in [0.4, 0.5) is 0 Å². The maximum atomic E-state index is 5.62. The number of aliphatic imine (C=N–C) groups is 1. The van der Waals surface area contributed by atoms with Crippen LogP contribution in [0.5, 0.6) is 5.75 Å². The van der Waals surface area contributed by atoms with E-state index < -0.39 is 0 Å². The molecule has 0 fully saturated rings. The molecule has 0 aliphatic heterocycles. The molecule has 0 aliphatic rings. The van der Waals surface area contributed by atoms with E-state index in [-0.39, 0.29) is 0 Å². The SMILES string of the molecule is CCNC(=NCCCOc1ccccc1)NC(C)C. The van der Waals surface area contributed by atoms with Crippen LogP contribution in [0.1, 0.15) is 27.2 Å². The van der Waals surface area contributed by atoms with E-state index in [0.717, 1.165) is 31.2 Å². The number of para-hydroxylation sites is 1. The van der Waals surface area contributed by atoms with Crippen molar-refractivity contribution in [2.75, 3.05) is 19.7 Å². The number of nitrogens with zero attached hydrogens (tertiary/aromatic N) is 1. The first-order valence-corrected chi connectivity index (χ1v) is 6.95. The quantitative estimate of drug-likeness (QED) is 0.451. The summed E-state index contributed by atoms with van der Waals surface area (Å²) >= 11 is 0. The average Bonchev–Trinajstić information content (AvgIpc) is 2.39. The minimum Gasteiger partial charge on any atom is -0.494 e. The second-order valence-corrected chi connectivity index (χ2v) is 4.57.